The summed E-state index contributed by atoms with van der Waals surface area (Å²) in [5.41, 5.74) is 1.61. The van der Waals surface area contributed by atoms with Crippen LogP contribution in [-0.2, 0) is 11.8 Å². The molecule has 0 aliphatic carbocycles. The van der Waals surface area contributed by atoms with Gasteiger partial charge in [-0.25, -0.2) is 4.79 Å². The van der Waals surface area contributed by atoms with Gasteiger partial charge in [0.15, 0.2) is 0 Å². The number of rotatable bonds is 3. The third kappa shape index (κ3) is 4.17. The third-order valence-corrected chi connectivity index (χ3v) is 4.36. The Kier molecular flexibility index (Phi) is 5.02. The van der Waals surface area contributed by atoms with Crippen LogP contribution in [0.2, 0.25) is 0 Å². The van der Waals surface area contributed by atoms with E-state index in [1.807, 2.05) is 43.3 Å². The predicted molar refractivity (Wildman–Crippen MR) is 96.3 cm³/mol. The van der Waals surface area contributed by atoms with Crippen molar-refractivity contribution in [3.63, 3.8) is 0 Å². The lowest BCUT2D eigenvalue weighted by molar-refractivity contribution is -0.121. The number of nitrogens with zero attached hydrogens (tertiary/aromatic N) is 3. The minimum atomic E-state index is -0.217. The first-order chi connectivity index (χ1) is 12.0. The van der Waals surface area contributed by atoms with Gasteiger partial charge in [0.1, 0.15) is 5.82 Å². The number of carbonyl (C=O) groups excluding carboxylic acids is 2. The summed E-state index contributed by atoms with van der Waals surface area (Å²) in [6, 6.07) is 11.0. The Labute approximate surface area is 147 Å². The van der Waals surface area contributed by atoms with Gasteiger partial charge >= 0.3 is 6.03 Å². The molecule has 0 unspecified atom stereocenters. The average Bonchev–Trinajstić information content (AvgIpc) is 2.93. The zero-order valence-electron chi connectivity index (χ0n) is 14.5. The zero-order chi connectivity index (χ0) is 17.8. The molecule has 0 bridgehead atoms. The molecular weight excluding hydrogens is 318 g/mol. The lowest BCUT2D eigenvalue weighted by Crippen LogP contribution is -2.45. The Morgan fingerprint density at radius 2 is 1.96 bits per heavy atom. The molecule has 1 aliphatic rings. The molecule has 0 spiro atoms. The lowest BCUT2D eigenvalue weighted by atomic mass is 9.97. The first-order valence-electron chi connectivity index (χ1n) is 8.45. The molecule has 7 nitrogen and oxygen atoms in total. The van der Waals surface area contributed by atoms with E-state index in [0.29, 0.717) is 18.9 Å². The van der Waals surface area contributed by atoms with Crippen molar-refractivity contribution in [2.45, 2.75) is 19.8 Å². The Hall–Kier alpha value is -2.83. The molecular formula is C18H23N5O2. The van der Waals surface area contributed by atoms with Crippen molar-refractivity contribution in [1.29, 1.82) is 0 Å². The van der Waals surface area contributed by atoms with Gasteiger partial charge in [-0.15, -0.1) is 0 Å². The second kappa shape index (κ2) is 7.38. The fourth-order valence-corrected chi connectivity index (χ4v) is 3.06. The topological polar surface area (TPSA) is 79.3 Å². The summed E-state index contributed by atoms with van der Waals surface area (Å²) in [5.74, 6) is 0.388. The number of piperidine rings is 1. The third-order valence-electron chi connectivity index (χ3n) is 4.36. The maximum Gasteiger partial charge on any atom is 0.321 e. The molecule has 132 valence electrons. The van der Waals surface area contributed by atoms with E-state index in [4.69, 9.17) is 0 Å². The van der Waals surface area contributed by atoms with E-state index in [1.165, 1.54) is 0 Å². The Balaban J connectivity index is 1.59. The van der Waals surface area contributed by atoms with Crippen LogP contribution < -0.4 is 10.6 Å². The van der Waals surface area contributed by atoms with Crippen LogP contribution in [0.25, 0.3) is 0 Å². The lowest BCUT2D eigenvalue weighted by Gasteiger charge is -2.32. The van der Waals surface area contributed by atoms with Crippen LogP contribution in [0.5, 0.6) is 0 Å². The number of aryl methyl sites for hydroxylation is 2. The molecule has 0 saturated carbocycles. The molecule has 0 radical (unpaired) electrons. The smallest absolute Gasteiger partial charge is 0.321 e. The summed E-state index contributed by atoms with van der Waals surface area (Å²) in [4.78, 5) is 26.7. The highest BCUT2D eigenvalue weighted by Gasteiger charge is 2.29. The van der Waals surface area contributed by atoms with Crippen LogP contribution in [0.15, 0.2) is 36.4 Å². The van der Waals surface area contributed by atoms with E-state index in [-0.39, 0.29) is 17.9 Å². The summed E-state index contributed by atoms with van der Waals surface area (Å²) in [6.45, 7) is 2.96. The molecule has 1 aromatic carbocycles. The van der Waals surface area contributed by atoms with Gasteiger partial charge in [0.2, 0.25) is 5.91 Å². The van der Waals surface area contributed by atoms with E-state index in [2.05, 4.69) is 15.7 Å². The van der Waals surface area contributed by atoms with Crippen LogP contribution in [0.3, 0.4) is 0 Å². The maximum absolute atomic E-state index is 12.5. The standard InChI is InChI=1S/C18H23N5O2/c1-13-11-16(22(2)21-13)20-17(24)14-7-6-10-23(12-14)18(25)19-15-8-4-3-5-9-15/h3-5,8-9,11,14H,6-7,10,12H2,1-2H3,(H,19,25)(H,20,24)/t14-/m1/s1. The number of likely N-dealkylation sites (tertiary alicyclic amines) is 1. The highest BCUT2D eigenvalue weighted by atomic mass is 16.2. The molecule has 1 saturated heterocycles. The van der Waals surface area contributed by atoms with Crippen molar-refractivity contribution in [1.82, 2.24) is 14.7 Å². The molecule has 3 amide bonds. The van der Waals surface area contributed by atoms with Gasteiger partial charge in [-0.05, 0) is 31.9 Å². The minimum Gasteiger partial charge on any atom is -0.324 e. The number of amides is 3. The number of hydrogen-bond acceptors (Lipinski definition) is 3. The number of para-hydroxylation sites is 1. The van der Waals surface area contributed by atoms with Crippen molar-refractivity contribution < 1.29 is 9.59 Å². The molecule has 2 heterocycles. The first kappa shape index (κ1) is 17.0. The number of carbonyl (C=O) groups is 2. The molecule has 3 rings (SSSR count). The van der Waals surface area contributed by atoms with Gasteiger partial charge in [0, 0.05) is 31.9 Å². The van der Waals surface area contributed by atoms with Gasteiger partial charge in [-0.1, -0.05) is 18.2 Å². The van der Waals surface area contributed by atoms with Gasteiger partial charge < -0.3 is 15.5 Å². The van der Waals surface area contributed by atoms with E-state index in [0.717, 1.165) is 24.2 Å². The highest BCUT2D eigenvalue weighted by Crippen LogP contribution is 2.20. The zero-order valence-corrected chi connectivity index (χ0v) is 14.5. The van der Waals surface area contributed by atoms with Gasteiger partial charge in [0.25, 0.3) is 0 Å². The summed E-state index contributed by atoms with van der Waals surface area (Å²) < 4.78 is 1.65. The molecule has 1 aliphatic heterocycles. The van der Waals surface area contributed by atoms with Crippen LogP contribution in [0.4, 0.5) is 16.3 Å². The monoisotopic (exact) mass is 341 g/mol. The van der Waals surface area contributed by atoms with Crippen LogP contribution in [-0.4, -0.2) is 39.7 Å². The van der Waals surface area contributed by atoms with E-state index in [9.17, 15) is 9.59 Å². The summed E-state index contributed by atoms with van der Waals surface area (Å²) in [5, 5.41) is 10.0. The molecule has 2 N–H and O–H groups in total. The number of anilines is 2. The Morgan fingerprint density at radius 1 is 1.20 bits per heavy atom. The molecule has 25 heavy (non-hydrogen) atoms. The van der Waals surface area contributed by atoms with Crippen molar-refractivity contribution >= 4 is 23.4 Å². The Morgan fingerprint density at radius 3 is 2.64 bits per heavy atom. The van der Waals surface area contributed by atoms with E-state index >= 15 is 0 Å². The fourth-order valence-electron chi connectivity index (χ4n) is 3.06. The molecule has 1 fully saturated rings. The SMILES string of the molecule is Cc1cc(NC(=O)[C@@H]2CCCN(C(=O)Nc3ccccc3)C2)n(C)n1. The van der Waals surface area contributed by atoms with Gasteiger partial charge in [0.05, 0.1) is 11.6 Å². The summed E-state index contributed by atoms with van der Waals surface area (Å²) in [6.07, 6.45) is 1.59. The molecule has 1 aromatic heterocycles. The predicted octanol–water partition coefficient (Wildman–Crippen LogP) is 2.61. The fraction of sp³-hybridized carbons (Fsp3) is 0.389. The number of nitrogens with one attached hydrogen (secondary N) is 2. The Bertz CT molecular complexity index is 756. The summed E-state index contributed by atoms with van der Waals surface area (Å²) >= 11 is 0. The van der Waals surface area contributed by atoms with E-state index in [1.54, 1.807) is 16.6 Å². The average molecular weight is 341 g/mol. The maximum atomic E-state index is 12.5. The van der Waals surface area contributed by atoms with Crippen molar-refractivity contribution in [3.8, 4) is 0 Å². The molecule has 7 heteroatoms. The van der Waals surface area contributed by atoms with Crippen molar-refractivity contribution in [2.75, 3.05) is 23.7 Å². The summed E-state index contributed by atoms with van der Waals surface area (Å²) in [7, 11) is 1.79. The van der Waals surface area contributed by atoms with Crippen LogP contribution in [0.1, 0.15) is 18.5 Å². The van der Waals surface area contributed by atoms with E-state index < -0.39 is 0 Å². The van der Waals surface area contributed by atoms with Gasteiger partial charge in [-0.3, -0.25) is 9.48 Å². The second-order valence-corrected chi connectivity index (χ2v) is 6.37. The second-order valence-electron chi connectivity index (χ2n) is 6.37. The van der Waals surface area contributed by atoms with Crippen molar-refractivity contribution in [2.24, 2.45) is 13.0 Å². The highest BCUT2D eigenvalue weighted by molar-refractivity contribution is 5.93. The number of benzene rings is 1. The van der Waals surface area contributed by atoms with Crippen LogP contribution in [0, 0.1) is 12.8 Å². The number of aromatic nitrogens is 2. The van der Waals surface area contributed by atoms with Crippen LogP contribution >= 0.6 is 0 Å². The number of hydrogen-bond donors (Lipinski definition) is 2. The normalized spacial score (nSPS) is 17.2. The van der Waals surface area contributed by atoms with Crippen molar-refractivity contribution in [3.05, 3.63) is 42.1 Å². The van der Waals surface area contributed by atoms with Gasteiger partial charge in [-0.2, -0.15) is 5.10 Å². The molecule has 1 atom stereocenters. The molecule has 2 aromatic rings. The number of urea groups is 1. The first-order valence-corrected chi connectivity index (χ1v) is 8.45. The minimum absolute atomic E-state index is 0.0692. The quantitative estimate of drug-likeness (QED) is 0.901. The largest absolute Gasteiger partial charge is 0.324 e.